The summed E-state index contributed by atoms with van der Waals surface area (Å²) < 4.78 is 1.59. The van der Waals surface area contributed by atoms with Crippen LogP contribution in [0, 0.1) is 11.8 Å². The van der Waals surface area contributed by atoms with Crippen LogP contribution in [-0.4, -0.2) is 50.8 Å². The molecule has 0 aliphatic carbocycles. The van der Waals surface area contributed by atoms with Crippen molar-refractivity contribution in [3.63, 3.8) is 0 Å². The molecule has 1 aromatic rings. The average Bonchev–Trinajstić information content (AvgIpc) is 2.91. The summed E-state index contributed by atoms with van der Waals surface area (Å²) in [6.45, 7) is 8.47. The van der Waals surface area contributed by atoms with Crippen LogP contribution in [-0.2, 0) is 6.54 Å². The standard InChI is InChI=1S/C16H25N5O2/c1-10(2)8-12-9-21-14(15(22)17-12)13(18-19-21)16(23)20-6-4-11(3)5-7-20/h10-12H,4-9H2,1-3H3,(H,17,22). The van der Waals surface area contributed by atoms with Crippen molar-refractivity contribution in [1.82, 2.24) is 25.2 Å². The van der Waals surface area contributed by atoms with Gasteiger partial charge in [0.2, 0.25) is 0 Å². The van der Waals surface area contributed by atoms with Gasteiger partial charge >= 0.3 is 0 Å². The number of nitrogens with one attached hydrogen (secondary N) is 1. The first kappa shape index (κ1) is 16.0. The van der Waals surface area contributed by atoms with Crippen molar-refractivity contribution in [2.24, 2.45) is 11.8 Å². The van der Waals surface area contributed by atoms with Gasteiger partial charge in [-0.05, 0) is 31.1 Å². The smallest absolute Gasteiger partial charge is 0.276 e. The van der Waals surface area contributed by atoms with Gasteiger partial charge in [0, 0.05) is 19.1 Å². The molecule has 2 aliphatic rings. The lowest BCUT2D eigenvalue weighted by molar-refractivity contribution is 0.0683. The fourth-order valence-electron chi connectivity index (χ4n) is 3.38. The third-order valence-corrected chi connectivity index (χ3v) is 4.71. The van der Waals surface area contributed by atoms with Gasteiger partial charge in [-0.1, -0.05) is 26.0 Å². The molecule has 3 rings (SSSR count). The molecular formula is C16H25N5O2. The number of carbonyl (C=O) groups excluding carboxylic acids is 2. The maximum atomic E-state index is 12.7. The molecule has 2 aliphatic heterocycles. The zero-order chi connectivity index (χ0) is 16.6. The van der Waals surface area contributed by atoms with Gasteiger partial charge in [-0.25, -0.2) is 4.68 Å². The van der Waals surface area contributed by atoms with Gasteiger partial charge in [0.05, 0.1) is 6.54 Å². The molecule has 0 radical (unpaired) electrons. The molecule has 1 fully saturated rings. The number of rotatable bonds is 3. The number of hydrogen-bond acceptors (Lipinski definition) is 4. The first-order chi connectivity index (χ1) is 11.0. The minimum absolute atomic E-state index is 0.0514. The maximum absolute atomic E-state index is 12.7. The molecule has 7 heteroatoms. The van der Waals surface area contributed by atoms with Crippen LogP contribution in [0.3, 0.4) is 0 Å². The molecule has 7 nitrogen and oxygen atoms in total. The largest absolute Gasteiger partial charge is 0.346 e. The van der Waals surface area contributed by atoms with E-state index < -0.39 is 0 Å². The van der Waals surface area contributed by atoms with Gasteiger partial charge in [-0.15, -0.1) is 5.10 Å². The summed E-state index contributed by atoms with van der Waals surface area (Å²) in [5.74, 6) is 0.728. The third kappa shape index (κ3) is 3.23. The molecule has 0 aromatic carbocycles. The highest BCUT2D eigenvalue weighted by Gasteiger charge is 2.34. The Kier molecular flexibility index (Phi) is 4.37. The highest BCUT2D eigenvalue weighted by molar-refractivity contribution is 6.05. The number of carbonyl (C=O) groups is 2. The van der Waals surface area contributed by atoms with E-state index in [1.807, 2.05) is 0 Å². The van der Waals surface area contributed by atoms with E-state index in [0.29, 0.717) is 24.1 Å². The number of likely N-dealkylation sites (tertiary alicyclic amines) is 1. The van der Waals surface area contributed by atoms with Gasteiger partial charge in [0.1, 0.15) is 0 Å². The number of fused-ring (bicyclic) bond motifs is 1. The summed E-state index contributed by atoms with van der Waals surface area (Å²) in [6.07, 6.45) is 2.88. The molecule has 0 saturated carbocycles. The SMILES string of the molecule is CC(C)CC1Cn2nnc(C(=O)N3CCC(C)CC3)c2C(=O)N1. The molecule has 2 amide bonds. The minimum Gasteiger partial charge on any atom is -0.346 e. The Morgan fingerprint density at radius 3 is 2.70 bits per heavy atom. The Morgan fingerprint density at radius 1 is 1.35 bits per heavy atom. The van der Waals surface area contributed by atoms with Gasteiger partial charge in [0.15, 0.2) is 11.4 Å². The molecule has 3 heterocycles. The first-order valence-corrected chi connectivity index (χ1v) is 8.49. The normalized spacial score (nSPS) is 22.2. The van der Waals surface area contributed by atoms with E-state index in [4.69, 9.17) is 0 Å². The van der Waals surface area contributed by atoms with E-state index in [-0.39, 0.29) is 23.6 Å². The fraction of sp³-hybridized carbons (Fsp3) is 0.750. The molecule has 1 atom stereocenters. The molecule has 1 unspecified atom stereocenters. The molecule has 1 N–H and O–H groups in total. The second kappa shape index (κ2) is 6.29. The van der Waals surface area contributed by atoms with Crippen molar-refractivity contribution in [3.05, 3.63) is 11.4 Å². The number of piperidine rings is 1. The van der Waals surface area contributed by atoms with Crippen LogP contribution in [0.2, 0.25) is 0 Å². The van der Waals surface area contributed by atoms with E-state index in [9.17, 15) is 9.59 Å². The first-order valence-electron chi connectivity index (χ1n) is 8.49. The predicted octanol–water partition coefficient (Wildman–Crippen LogP) is 1.31. The quantitative estimate of drug-likeness (QED) is 0.911. The topological polar surface area (TPSA) is 80.1 Å². The van der Waals surface area contributed by atoms with E-state index in [1.54, 1.807) is 9.58 Å². The van der Waals surface area contributed by atoms with E-state index in [1.165, 1.54) is 0 Å². The Labute approximate surface area is 136 Å². The van der Waals surface area contributed by atoms with Gasteiger partial charge in [-0.2, -0.15) is 0 Å². The van der Waals surface area contributed by atoms with Gasteiger partial charge < -0.3 is 10.2 Å². The highest BCUT2D eigenvalue weighted by Crippen LogP contribution is 2.21. The van der Waals surface area contributed by atoms with Gasteiger partial charge in [-0.3, -0.25) is 9.59 Å². The van der Waals surface area contributed by atoms with Crippen LogP contribution in [0.1, 0.15) is 61.0 Å². The monoisotopic (exact) mass is 319 g/mol. The average molecular weight is 319 g/mol. The summed E-state index contributed by atoms with van der Waals surface area (Å²) in [6, 6.07) is 0.0514. The molecule has 1 saturated heterocycles. The van der Waals surface area contributed by atoms with Crippen molar-refractivity contribution >= 4 is 11.8 Å². The lowest BCUT2D eigenvalue weighted by Crippen LogP contribution is -2.46. The maximum Gasteiger partial charge on any atom is 0.276 e. The summed E-state index contributed by atoms with van der Waals surface area (Å²) in [4.78, 5) is 26.9. The van der Waals surface area contributed by atoms with Crippen molar-refractivity contribution in [2.45, 2.75) is 52.6 Å². The van der Waals surface area contributed by atoms with Crippen LogP contribution < -0.4 is 5.32 Å². The van der Waals surface area contributed by atoms with E-state index >= 15 is 0 Å². The summed E-state index contributed by atoms with van der Waals surface area (Å²) in [5, 5.41) is 11.1. The van der Waals surface area contributed by atoms with Crippen LogP contribution >= 0.6 is 0 Å². The molecule has 0 spiro atoms. The second-order valence-corrected chi connectivity index (χ2v) is 7.24. The molecule has 0 bridgehead atoms. The second-order valence-electron chi connectivity index (χ2n) is 7.24. The van der Waals surface area contributed by atoms with E-state index in [2.05, 4.69) is 36.4 Å². The van der Waals surface area contributed by atoms with Crippen molar-refractivity contribution < 1.29 is 9.59 Å². The third-order valence-electron chi connectivity index (χ3n) is 4.71. The van der Waals surface area contributed by atoms with Crippen molar-refractivity contribution in [1.29, 1.82) is 0 Å². The zero-order valence-electron chi connectivity index (χ0n) is 14.1. The lowest BCUT2D eigenvalue weighted by atomic mass is 9.99. The minimum atomic E-state index is -0.236. The Morgan fingerprint density at radius 2 is 2.04 bits per heavy atom. The molecule has 1 aromatic heterocycles. The van der Waals surface area contributed by atoms with Crippen LogP contribution in [0.15, 0.2) is 0 Å². The van der Waals surface area contributed by atoms with Crippen molar-refractivity contribution in [3.8, 4) is 0 Å². The van der Waals surface area contributed by atoms with Crippen LogP contribution in [0.25, 0.3) is 0 Å². The molecule has 23 heavy (non-hydrogen) atoms. The molecule has 126 valence electrons. The Balaban J connectivity index is 1.78. The number of hydrogen-bond donors (Lipinski definition) is 1. The van der Waals surface area contributed by atoms with Crippen LogP contribution in [0.5, 0.6) is 0 Å². The van der Waals surface area contributed by atoms with Crippen molar-refractivity contribution in [2.75, 3.05) is 13.1 Å². The van der Waals surface area contributed by atoms with Gasteiger partial charge in [0.25, 0.3) is 11.8 Å². The predicted molar refractivity (Wildman–Crippen MR) is 85.0 cm³/mol. The number of nitrogens with zero attached hydrogens (tertiary/aromatic N) is 4. The summed E-state index contributed by atoms with van der Waals surface area (Å²) in [7, 11) is 0. The van der Waals surface area contributed by atoms with E-state index in [0.717, 1.165) is 32.4 Å². The Hall–Kier alpha value is -1.92. The molecular weight excluding hydrogens is 294 g/mol. The summed E-state index contributed by atoms with van der Waals surface area (Å²) in [5.41, 5.74) is 0.508. The lowest BCUT2D eigenvalue weighted by Gasteiger charge is -2.30. The van der Waals surface area contributed by atoms with Crippen LogP contribution in [0.4, 0.5) is 0 Å². The number of aromatic nitrogens is 3. The zero-order valence-corrected chi connectivity index (χ0v) is 14.1. The Bertz CT molecular complexity index is 602. The summed E-state index contributed by atoms with van der Waals surface area (Å²) >= 11 is 0. The highest BCUT2D eigenvalue weighted by atomic mass is 16.2. The number of amides is 2. The fourth-order valence-corrected chi connectivity index (χ4v) is 3.38.